The van der Waals surface area contributed by atoms with Gasteiger partial charge in [0.2, 0.25) is 0 Å². The van der Waals surface area contributed by atoms with Gasteiger partial charge in [0, 0.05) is 19.6 Å². The number of benzene rings is 1. The molecule has 0 unspecified atom stereocenters. The molecular weight excluding hydrogens is 349 g/mol. The number of halogens is 1. The van der Waals surface area contributed by atoms with E-state index in [-0.39, 0.29) is 24.0 Å². The number of hydrogen-bond donors (Lipinski definition) is 1. The summed E-state index contributed by atoms with van der Waals surface area (Å²) < 4.78 is 0. The summed E-state index contributed by atoms with van der Waals surface area (Å²) in [7, 11) is 0. The number of nitrogens with one attached hydrogen (secondary N) is 1. The fraction of sp³-hybridized carbons (Fsp3) is 0.533. The molecule has 106 valence electrons. The first-order valence-corrected chi connectivity index (χ1v) is 6.88. The van der Waals surface area contributed by atoms with Gasteiger partial charge < -0.3 is 10.2 Å². The van der Waals surface area contributed by atoms with Crippen LogP contribution < -0.4 is 5.32 Å². The summed E-state index contributed by atoms with van der Waals surface area (Å²) in [6, 6.07) is 8.57. The third-order valence-corrected chi connectivity index (χ3v) is 3.23. The zero-order chi connectivity index (χ0) is 12.8. The van der Waals surface area contributed by atoms with E-state index in [9.17, 15) is 0 Å². The molecule has 1 heterocycles. The van der Waals surface area contributed by atoms with Crippen LogP contribution in [-0.4, -0.2) is 30.5 Å². The van der Waals surface area contributed by atoms with Crippen LogP contribution in [0.1, 0.15) is 30.9 Å². The van der Waals surface area contributed by atoms with Crippen molar-refractivity contribution in [2.24, 2.45) is 4.99 Å². The maximum absolute atomic E-state index is 4.74. The quantitative estimate of drug-likeness (QED) is 0.501. The van der Waals surface area contributed by atoms with E-state index in [1.807, 2.05) is 0 Å². The Morgan fingerprint density at radius 3 is 2.68 bits per heavy atom. The molecule has 0 saturated carbocycles. The first kappa shape index (κ1) is 16.3. The minimum atomic E-state index is 0. The van der Waals surface area contributed by atoms with E-state index in [1.165, 1.54) is 24.0 Å². The fourth-order valence-corrected chi connectivity index (χ4v) is 2.33. The smallest absolute Gasteiger partial charge is 0.194 e. The van der Waals surface area contributed by atoms with Crippen molar-refractivity contribution in [3.8, 4) is 0 Å². The number of aryl methyl sites for hydroxylation is 1. The minimum absolute atomic E-state index is 0. The molecule has 0 bridgehead atoms. The summed E-state index contributed by atoms with van der Waals surface area (Å²) in [5.74, 6) is 1.07. The molecule has 3 nitrogen and oxygen atoms in total. The number of aliphatic imine (C=N–C) groups is 1. The number of nitrogens with zero attached hydrogens (tertiary/aromatic N) is 2. The van der Waals surface area contributed by atoms with Crippen LogP contribution in [0, 0.1) is 6.92 Å². The predicted molar refractivity (Wildman–Crippen MR) is 92.2 cm³/mol. The second-order valence-electron chi connectivity index (χ2n) is 4.85. The highest BCUT2D eigenvalue weighted by Crippen LogP contribution is 2.09. The maximum atomic E-state index is 4.74. The van der Waals surface area contributed by atoms with Crippen molar-refractivity contribution in [1.82, 2.24) is 10.2 Å². The van der Waals surface area contributed by atoms with Gasteiger partial charge in [-0.05, 0) is 32.3 Å². The number of rotatable bonds is 3. The van der Waals surface area contributed by atoms with E-state index in [2.05, 4.69) is 48.3 Å². The lowest BCUT2D eigenvalue weighted by Crippen LogP contribution is -2.39. The van der Waals surface area contributed by atoms with Crippen molar-refractivity contribution >= 4 is 29.9 Å². The van der Waals surface area contributed by atoms with Crippen LogP contribution in [0.5, 0.6) is 0 Å². The zero-order valence-electron chi connectivity index (χ0n) is 11.9. The zero-order valence-corrected chi connectivity index (χ0v) is 14.2. The molecule has 0 aliphatic carbocycles. The van der Waals surface area contributed by atoms with Crippen LogP contribution >= 0.6 is 24.0 Å². The van der Waals surface area contributed by atoms with Gasteiger partial charge in [-0.2, -0.15) is 0 Å². The van der Waals surface area contributed by atoms with Gasteiger partial charge in [0.05, 0.1) is 6.54 Å². The van der Waals surface area contributed by atoms with Gasteiger partial charge in [-0.15, -0.1) is 24.0 Å². The summed E-state index contributed by atoms with van der Waals surface area (Å²) >= 11 is 0. The third kappa shape index (κ3) is 5.01. The normalized spacial score (nSPS) is 15.3. The number of likely N-dealkylation sites (tertiary alicyclic amines) is 1. The van der Waals surface area contributed by atoms with Crippen LogP contribution in [0.2, 0.25) is 0 Å². The molecule has 4 heteroatoms. The molecule has 1 N–H and O–H groups in total. The Hall–Kier alpha value is -0.780. The van der Waals surface area contributed by atoms with Gasteiger partial charge >= 0.3 is 0 Å². The highest BCUT2D eigenvalue weighted by molar-refractivity contribution is 14.0. The molecule has 0 amide bonds. The van der Waals surface area contributed by atoms with Gasteiger partial charge in [0.1, 0.15) is 0 Å². The minimum Gasteiger partial charge on any atom is -0.357 e. The van der Waals surface area contributed by atoms with Crippen LogP contribution in [0.4, 0.5) is 0 Å². The first-order chi connectivity index (χ1) is 8.79. The van der Waals surface area contributed by atoms with Gasteiger partial charge in [0.25, 0.3) is 0 Å². The Labute approximate surface area is 133 Å². The van der Waals surface area contributed by atoms with Gasteiger partial charge in [-0.1, -0.05) is 29.8 Å². The van der Waals surface area contributed by atoms with Crippen molar-refractivity contribution in [3.63, 3.8) is 0 Å². The molecule has 1 aliphatic rings. The SMILES string of the molecule is CCNC(=NCc1cccc(C)c1)N1CCCC1.I. The summed E-state index contributed by atoms with van der Waals surface area (Å²) in [5.41, 5.74) is 2.58. The monoisotopic (exact) mass is 373 g/mol. The lowest BCUT2D eigenvalue weighted by atomic mass is 10.1. The summed E-state index contributed by atoms with van der Waals surface area (Å²) in [4.78, 5) is 7.10. The molecule has 1 saturated heterocycles. The molecule has 0 atom stereocenters. The Kier molecular flexibility index (Phi) is 7.20. The van der Waals surface area contributed by atoms with Gasteiger partial charge in [-0.25, -0.2) is 4.99 Å². The number of guanidine groups is 1. The lowest BCUT2D eigenvalue weighted by Gasteiger charge is -2.20. The maximum Gasteiger partial charge on any atom is 0.194 e. The predicted octanol–water partition coefficient (Wildman–Crippen LogP) is 3.17. The molecule has 2 rings (SSSR count). The summed E-state index contributed by atoms with van der Waals surface area (Å²) in [6.07, 6.45) is 2.57. The van der Waals surface area contributed by atoms with E-state index in [1.54, 1.807) is 0 Å². The molecule has 0 aromatic heterocycles. The van der Waals surface area contributed by atoms with Crippen LogP contribution in [0.15, 0.2) is 29.3 Å². The summed E-state index contributed by atoms with van der Waals surface area (Å²) in [5, 5.41) is 3.39. The average Bonchev–Trinajstić information content (AvgIpc) is 2.88. The average molecular weight is 373 g/mol. The van der Waals surface area contributed by atoms with Crippen molar-refractivity contribution in [2.75, 3.05) is 19.6 Å². The van der Waals surface area contributed by atoms with Gasteiger partial charge in [-0.3, -0.25) is 0 Å². The summed E-state index contributed by atoms with van der Waals surface area (Å²) in [6.45, 7) is 8.22. The third-order valence-electron chi connectivity index (χ3n) is 3.23. The fourth-order valence-electron chi connectivity index (χ4n) is 2.33. The van der Waals surface area contributed by atoms with Crippen LogP contribution in [0.25, 0.3) is 0 Å². The van der Waals surface area contributed by atoms with E-state index < -0.39 is 0 Å². The van der Waals surface area contributed by atoms with Crippen LogP contribution in [0.3, 0.4) is 0 Å². The molecule has 19 heavy (non-hydrogen) atoms. The Morgan fingerprint density at radius 2 is 2.05 bits per heavy atom. The standard InChI is InChI=1S/C15H23N3.HI/c1-3-16-15(18-9-4-5-10-18)17-12-14-8-6-7-13(2)11-14;/h6-8,11H,3-5,9-10,12H2,1-2H3,(H,16,17);1H. The highest BCUT2D eigenvalue weighted by atomic mass is 127. The van der Waals surface area contributed by atoms with E-state index in [4.69, 9.17) is 4.99 Å². The van der Waals surface area contributed by atoms with E-state index >= 15 is 0 Å². The second-order valence-corrected chi connectivity index (χ2v) is 4.85. The van der Waals surface area contributed by atoms with Crippen molar-refractivity contribution in [2.45, 2.75) is 33.2 Å². The molecule has 1 fully saturated rings. The molecule has 1 aromatic carbocycles. The van der Waals surface area contributed by atoms with Crippen molar-refractivity contribution < 1.29 is 0 Å². The molecule has 0 radical (unpaired) electrons. The van der Waals surface area contributed by atoms with Crippen LogP contribution in [-0.2, 0) is 6.54 Å². The Morgan fingerprint density at radius 1 is 1.32 bits per heavy atom. The number of hydrogen-bond acceptors (Lipinski definition) is 1. The largest absolute Gasteiger partial charge is 0.357 e. The molecule has 1 aliphatic heterocycles. The van der Waals surface area contributed by atoms with E-state index in [0.29, 0.717) is 0 Å². The highest BCUT2D eigenvalue weighted by Gasteiger charge is 2.15. The molecular formula is C15H24IN3. The first-order valence-electron chi connectivity index (χ1n) is 6.88. The van der Waals surface area contributed by atoms with Crippen molar-refractivity contribution in [3.05, 3.63) is 35.4 Å². The van der Waals surface area contributed by atoms with E-state index in [0.717, 1.165) is 32.1 Å². The Balaban J connectivity index is 0.00000180. The second kappa shape index (κ2) is 8.40. The topological polar surface area (TPSA) is 27.6 Å². The molecule has 0 spiro atoms. The lowest BCUT2D eigenvalue weighted by molar-refractivity contribution is 0.493. The van der Waals surface area contributed by atoms with Gasteiger partial charge in [0.15, 0.2) is 5.96 Å². The Bertz CT molecular complexity index is 412. The molecule has 1 aromatic rings. The van der Waals surface area contributed by atoms with Crippen molar-refractivity contribution in [1.29, 1.82) is 0 Å².